The summed E-state index contributed by atoms with van der Waals surface area (Å²) in [6, 6.07) is 17.1. The maximum absolute atomic E-state index is 13.1. The maximum atomic E-state index is 13.1. The molecule has 6 heteroatoms. The first-order chi connectivity index (χ1) is 14.5. The van der Waals surface area contributed by atoms with E-state index >= 15 is 0 Å². The van der Waals surface area contributed by atoms with Gasteiger partial charge in [-0.25, -0.2) is 0 Å². The Balaban J connectivity index is 1.43. The summed E-state index contributed by atoms with van der Waals surface area (Å²) in [5.74, 6) is -0.0134. The van der Waals surface area contributed by atoms with E-state index in [2.05, 4.69) is 0 Å². The zero-order valence-electron chi connectivity index (χ0n) is 17.3. The molecule has 2 saturated heterocycles. The zero-order valence-corrected chi connectivity index (χ0v) is 17.3. The molecule has 0 aromatic heterocycles. The zero-order chi connectivity index (χ0) is 21.1. The second-order valence-corrected chi connectivity index (χ2v) is 8.06. The standard InChI is InChI=1S/C24H27N3O3/c1-18-7-5-6-10-20(18)15-22(28)25-12-11-21-24(30)26(16-19-8-3-2-4-9-19)17-23(29)27(21)14-13-25/h2-10,21H,11-17H2,1H3. The smallest absolute Gasteiger partial charge is 0.246 e. The lowest BCUT2D eigenvalue weighted by Crippen LogP contribution is -2.59. The molecule has 2 aromatic rings. The molecule has 6 nitrogen and oxygen atoms in total. The van der Waals surface area contributed by atoms with Gasteiger partial charge in [0.25, 0.3) is 0 Å². The molecule has 0 spiro atoms. The van der Waals surface area contributed by atoms with Gasteiger partial charge < -0.3 is 14.7 Å². The first-order valence-corrected chi connectivity index (χ1v) is 10.5. The van der Waals surface area contributed by atoms with Crippen LogP contribution in [0.3, 0.4) is 0 Å². The van der Waals surface area contributed by atoms with Crippen molar-refractivity contribution in [1.82, 2.24) is 14.7 Å². The fourth-order valence-corrected chi connectivity index (χ4v) is 4.30. The summed E-state index contributed by atoms with van der Waals surface area (Å²) in [5.41, 5.74) is 3.13. The van der Waals surface area contributed by atoms with Gasteiger partial charge in [0.2, 0.25) is 17.7 Å². The number of hydrogen-bond donors (Lipinski definition) is 0. The number of aryl methyl sites for hydroxylation is 1. The molecular formula is C24H27N3O3. The molecule has 0 aliphatic carbocycles. The Morgan fingerprint density at radius 1 is 0.967 bits per heavy atom. The van der Waals surface area contributed by atoms with Crippen LogP contribution in [0.5, 0.6) is 0 Å². The molecule has 0 saturated carbocycles. The van der Waals surface area contributed by atoms with Crippen molar-refractivity contribution in [2.45, 2.75) is 32.4 Å². The molecule has 2 aliphatic heterocycles. The van der Waals surface area contributed by atoms with Gasteiger partial charge in [0.15, 0.2) is 0 Å². The molecule has 0 N–H and O–H groups in total. The quantitative estimate of drug-likeness (QED) is 0.782. The molecule has 2 heterocycles. The lowest BCUT2D eigenvalue weighted by atomic mass is 10.0. The Hall–Kier alpha value is -3.15. The first-order valence-electron chi connectivity index (χ1n) is 10.5. The number of fused-ring (bicyclic) bond motifs is 1. The minimum atomic E-state index is -0.480. The molecule has 1 unspecified atom stereocenters. The molecule has 0 radical (unpaired) electrons. The number of nitrogens with zero attached hydrogens (tertiary/aromatic N) is 3. The first kappa shape index (κ1) is 20.1. The van der Waals surface area contributed by atoms with Crippen molar-refractivity contribution in [3.63, 3.8) is 0 Å². The summed E-state index contributed by atoms with van der Waals surface area (Å²) in [5, 5.41) is 0. The van der Waals surface area contributed by atoms with Gasteiger partial charge in [-0.05, 0) is 30.0 Å². The van der Waals surface area contributed by atoms with Crippen molar-refractivity contribution < 1.29 is 14.4 Å². The average molecular weight is 405 g/mol. The van der Waals surface area contributed by atoms with Gasteiger partial charge in [-0.15, -0.1) is 0 Å². The number of hydrogen-bond acceptors (Lipinski definition) is 3. The molecule has 2 aliphatic rings. The fraction of sp³-hybridized carbons (Fsp3) is 0.375. The molecule has 4 rings (SSSR count). The molecule has 2 fully saturated rings. The van der Waals surface area contributed by atoms with E-state index in [-0.39, 0.29) is 24.3 Å². The van der Waals surface area contributed by atoms with Crippen molar-refractivity contribution in [2.75, 3.05) is 26.2 Å². The van der Waals surface area contributed by atoms with Crippen molar-refractivity contribution in [1.29, 1.82) is 0 Å². The Morgan fingerprint density at radius 2 is 1.70 bits per heavy atom. The van der Waals surface area contributed by atoms with E-state index in [4.69, 9.17) is 0 Å². The van der Waals surface area contributed by atoms with Crippen LogP contribution in [0.2, 0.25) is 0 Å². The van der Waals surface area contributed by atoms with E-state index in [9.17, 15) is 14.4 Å². The Labute approximate surface area is 177 Å². The number of piperazine rings is 1. The second-order valence-electron chi connectivity index (χ2n) is 8.06. The minimum Gasteiger partial charge on any atom is -0.341 e. The number of benzene rings is 2. The van der Waals surface area contributed by atoms with Crippen LogP contribution < -0.4 is 0 Å². The monoisotopic (exact) mass is 405 g/mol. The third-order valence-electron chi connectivity index (χ3n) is 6.07. The minimum absolute atomic E-state index is 0.0216. The van der Waals surface area contributed by atoms with Crippen LogP contribution >= 0.6 is 0 Å². The van der Waals surface area contributed by atoms with E-state index in [1.165, 1.54) is 0 Å². The maximum Gasteiger partial charge on any atom is 0.246 e. The molecule has 1 atom stereocenters. The van der Waals surface area contributed by atoms with Crippen LogP contribution in [0, 0.1) is 6.92 Å². The summed E-state index contributed by atoms with van der Waals surface area (Å²) in [6.45, 7) is 3.91. The second kappa shape index (κ2) is 8.69. The largest absolute Gasteiger partial charge is 0.341 e. The summed E-state index contributed by atoms with van der Waals surface area (Å²) in [6.07, 6.45) is 0.828. The van der Waals surface area contributed by atoms with E-state index in [0.717, 1.165) is 16.7 Å². The van der Waals surface area contributed by atoms with Crippen molar-refractivity contribution in [3.05, 3.63) is 71.3 Å². The number of rotatable bonds is 4. The highest BCUT2D eigenvalue weighted by atomic mass is 16.2. The van der Waals surface area contributed by atoms with Gasteiger partial charge in [-0.3, -0.25) is 14.4 Å². The summed E-state index contributed by atoms with van der Waals surface area (Å²) in [7, 11) is 0. The molecule has 3 amide bonds. The van der Waals surface area contributed by atoms with Gasteiger partial charge in [0, 0.05) is 26.2 Å². The SMILES string of the molecule is Cc1ccccc1CC(=O)N1CCC2C(=O)N(Cc3ccccc3)CC(=O)N2CC1. The van der Waals surface area contributed by atoms with Crippen LogP contribution in [-0.2, 0) is 27.3 Å². The fourth-order valence-electron chi connectivity index (χ4n) is 4.30. The average Bonchev–Trinajstić information content (AvgIpc) is 2.98. The van der Waals surface area contributed by atoms with E-state index in [1.54, 1.807) is 14.7 Å². The highest BCUT2D eigenvalue weighted by Crippen LogP contribution is 2.21. The Morgan fingerprint density at radius 3 is 2.47 bits per heavy atom. The van der Waals surface area contributed by atoms with E-state index in [0.29, 0.717) is 39.0 Å². The lowest BCUT2D eigenvalue weighted by molar-refractivity contribution is -0.156. The summed E-state index contributed by atoms with van der Waals surface area (Å²) < 4.78 is 0. The summed E-state index contributed by atoms with van der Waals surface area (Å²) in [4.78, 5) is 43.9. The number of amides is 3. The van der Waals surface area contributed by atoms with Crippen LogP contribution in [0.25, 0.3) is 0 Å². The van der Waals surface area contributed by atoms with E-state index < -0.39 is 6.04 Å². The van der Waals surface area contributed by atoms with Gasteiger partial charge in [-0.2, -0.15) is 0 Å². The normalized spacial score (nSPS) is 19.5. The van der Waals surface area contributed by atoms with Crippen molar-refractivity contribution in [3.8, 4) is 0 Å². The van der Waals surface area contributed by atoms with Crippen molar-refractivity contribution in [2.24, 2.45) is 0 Å². The third kappa shape index (κ3) is 4.22. The molecule has 2 aromatic carbocycles. The molecular weight excluding hydrogens is 378 g/mol. The summed E-state index contributed by atoms with van der Waals surface area (Å²) >= 11 is 0. The number of carbonyl (C=O) groups excluding carboxylic acids is 3. The highest BCUT2D eigenvalue weighted by Gasteiger charge is 2.41. The Kier molecular flexibility index (Phi) is 5.84. The van der Waals surface area contributed by atoms with Gasteiger partial charge in [-0.1, -0.05) is 54.6 Å². The number of carbonyl (C=O) groups is 3. The van der Waals surface area contributed by atoms with Gasteiger partial charge >= 0.3 is 0 Å². The van der Waals surface area contributed by atoms with Crippen LogP contribution in [0.15, 0.2) is 54.6 Å². The Bertz CT molecular complexity index is 944. The predicted octanol–water partition coefficient (Wildman–Crippen LogP) is 2.01. The van der Waals surface area contributed by atoms with Crippen LogP contribution in [-0.4, -0.2) is 64.6 Å². The topological polar surface area (TPSA) is 60.9 Å². The highest BCUT2D eigenvalue weighted by molar-refractivity contribution is 5.95. The third-order valence-corrected chi connectivity index (χ3v) is 6.07. The lowest BCUT2D eigenvalue weighted by Gasteiger charge is -2.39. The predicted molar refractivity (Wildman–Crippen MR) is 113 cm³/mol. The van der Waals surface area contributed by atoms with Crippen LogP contribution in [0.1, 0.15) is 23.1 Å². The molecule has 0 bridgehead atoms. The van der Waals surface area contributed by atoms with Gasteiger partial charge in [0.1, 0.15) is 12.6 Å². The molecule has 156 valence electrons. The van der Waals surface area contributed by atoms with E-state index in [1.807, 2.05) is 61.5 Å². The molecule has 30 heavy (non-hydrogen) atoms. The van der Waals surface area contributed by atoms with Gasteiger partial charge in [0.05, 0.1) is 6.42 Å². The van der Waals surface area contributed by atoms with Crippen molar-refractivity contribution >= 4 is 17.7 Å². The van der Waals surface area contributed by atoms with Crippen LogP contribution in [0.4, 0.5) is 0 Å².